The third-order valence-electron chi connectivity index (χ3n) is 3.20. The lowest BCUT2D eigenvalue weighted by molar-refractivity contribution is -0.148. The third-order valence-corrected chi connectivity index (χ3v) is 3.20. The molecule has 1 aromatic carbocycles. The zero-order valence-corrected chi connectivity index (χ0v) is 13.2. The molecule has 0 spiro atoms. The molecule has 0 saturated carbocycles. The summed E-state index contributed by atoms with van der Waals surface area (Å²) in [5, 5.41) is 11.4. The maximum absolute atomic E-state index is 12.1. The van der Waals surface area contributed by atoms with Crippen molar-refractivity contribution in [2.24, 2.45) is 5.41 Å². The van der Waals surface area contributed by atoms with E-state index in [1.54, 1.807) is 13.8 Å². The van der Waals surface area contributed by atoms with E-state index in [1.165, 1.54) is 7.11 Å². The third kappa shape index (κ3) is 5.83. The van der Waals surface area contributed by atoms with E-state index >= 15 is 0 Å². The van der Waals surface area contributed by atoms with Crippen LogP contribution in [-0.4, -0.2) is 43.3 Å². The molecule has 2 N–H and O–H groups in total. The number of carboxylic acids is 1. The highest BCUT2D eigenvalue weighted by Gasteiger charge is 2.29. The Kier molecular flexibility index (Phi) is 7.01. The van der Waals surface area contributed by atoms with Gasteiger partial charge in [0.05, 0.1) is 25.2 Å². The van der Waals surface area contributed by atoms with Gasteiger partial charge in [0.25, 0.3) is 0 Å². The number of hydrogen-bond acceptors (Lipinski definition) is 4. The van der Waals surface area contributed by atoms with E-state index in [9.17, 15) is 9.59 Å². The molecule has 0 saturated heterocycles. The van der Waals surface area contributed by atoms with Gasteiger partial charge < -0.3 is 19.9 Å². The Hall–Kier alpha value is -1.92. The lowest BCUT2D eigenvalue weighted by atomic mass is 9.93. The number of benzene rings is 1. The van der Waals surface area contributed by atoms with Crippen molar-refractivity contribution in [3.63, 3.8) is 0 Å². The van der Waals surface area contributed by atoms with Crippen molar-refractivity contribution in [1.29, 1.82) is 0 Å². The monoisotopic (exact) mass is 309 g/mol. The van der Waals surface area contributed by atoms with E-state index in [2.05, 4.69) is 5.32 Å². The summed E-state index contributed by atoms with van der Waals surface area (Å²) in [5.74, 6) is -1.38. The van der Waals surface area contributed by atoms with Crippen molar-refractivity contribution < 1.29 is 24.2 Å². The van der Waals surface area contributed by atoms with Gasteiger partial charge in [-0.2, -0.15) is 0 Å². The first-order chi connectivity index (χ1) is 10.4. The number of carboxylic acid groups (broad SMARTS) is 1. The molecule has 0 aliphatic carbocycles. The molecule has 6 nitrogen and oxygen atoms in total. The number of amides is 1. The van der Waals surface area contributed by atoms with Crippen molar-refractivity contribution in [2.45, 2.75) is 26.6 Å². The van der Waals surface area contributed by atoms with E-state index in [1.807, 2.05) is 30.3 Å². The Morgan fingerprint density at radius 2 is 1.91 bits per heavy atom. The first-order valence-corrected chi connectivity index (χ1v) is 7.02. The van der Waals surface area contributed by atoms with E-state index < -0.39 is 17.5 Å². The topological polar surface area (TPSA) is 84.9 Å². The molecule has 1 unspecified atom stereocenters. The molecule has 0 aliphatic heterocycles. The van der Waals surface area contributed by atoms with Crippen molar-refractivity contribution in [1.82, 2.24) is 5.32 Å². The van der Waals surface area contributed by atoms with E-state index in [0.717, 1.165) is 5.56 Å². The van der Waals surface area contributed by atoms with Gasteiger partial charge in [0.2, 0.25) is 5.91 Å². The van der Waals surface area contributed by atoms with Crippen molar-refractivity contribution in [2.75, 3.05) is 20.3 Å². The average Bonchev–Trinajstić information content (AvgIpc) is 2.48. The normalized spacial score (nSPS) is 12.7. The Balaban J connectivity index is 2.40. The predicted octanol–water partition coefficient (Wildman–Crippen LogP) is 1.45. The van der Waals surface area contributed by atoms with Gasteiger partial charge in [-0.3, -0.25) is 4.79 Å². The summed E-state index contributed by atoms with van der Waals surface area (Å²) in [5.41, 5.74) is 0.273. The van der Waals surface area contributed by atoms with Crippen LogP contribution in [0.2, 0.25) is 0 Å². The number of aliphatic carboxylic acids is 1. The lowest BCUT2D eigenvalue weighted by Crippen LogP contribution is -2.45. The molecule has 0 fully saturated rings. The van der Waals surface area contributed by atoms with Gasteiger partial charge in [-0.05, 0) is 19.4 Å². The summed E-state index contributed by atoms with van der Waals surface area (Å²) in [4.78, 5) is 22.9. The minimum Gasteiger partial charge on any atom is -0.479 e. The van der Waals surface area contributed by atoms with Gasteiger partial charge in [0.1, 0.15) is 0 Å². The molecule has 0 radical (unpaired) electrons. The van der Waals surface area contributed by atoms with Gasteiger partial charge in [-0.15, -0.1) is 0 Å². The minimum atomic E-state index is -1.11. The van der Waals surface area contributed by atoms with E-state index in [-0.39, 0.29) is 19.1 Å². The van der Waals surface area contributed by atoms with Crippen LogP contribution in [0.1, 0.15) is 19.4 Å². The van der Waals surface area contributed by atoms with Gasteiger partial charge in [-0.25, -0.2) is 4.79 Å². The molecular formula is C16H23NO5. The van der Waals surface area contributed by atoms with Gasteiger partial charge >= 0.3 is 5.97 Å². The summed E-state index contributed by atoms with van der Waals surface area (Å²) in [6.07, 6.45) is -1.05. The highest BCUT2D eigenvalue weighted by atomic mass is 16.5. The molecule has 1 aromatic rings. The molecule has 1 amide bonds. The molecule has 0 heterocycles. The molecule has 0 bridgehead atoms. The SMILES string of the molecule is COC(CNC(=O)C(C)(C)COCc1ccccc1)C(=O)O. The second kappa shape index (κ2) is 8.51. The number of methoxy groups -OCH3 is 1. The lowest BCUT2D eigenvalue weighted by Gasteiger charge is -2.24. The van der Waals surface area contributed by atoms with Crippen LogP contribution in [0.3, 0.4) is 0 Å². The fourth-order valence-corrected chi connectivity index (χ4v) is 1.76. The highest BCUT2D eigenvalue weighted by molar-refractivity contribution is 5.82. The number of ether oxygens (including phenoxy) is 2. The van der Waals surface area contributed by atoms with Gasteiger partial charge in [-0.1, -0.05) is 30.3 Å². The molecule has 6 heteroatoms. The smallest absolute Gasteiger partial charge is 0.334 e. The summed E-state index contributed by atoms with van der Waals surface area (Å²) in [6.45, 7) is 4.07. The Labute approximate surface area is 130 Å². The zero-order valence-electron chi connectivity index (χ0n) is 13.2. The largest absolute Gasteiger partial charge is 0.479 e. The summed E-state index contributed by atoms with van der Waals surface area (Å²) >= 11 is 0. The molecule has 0 aromatic heterocycles. The molecule has 0 aliphatic rings. The Morgan fingerprint density at radius 1 is 1.27 bits per heavy atom. The minimum absolute atomic E-state index is 0.0766. The summed E-state index contributed by atoms with van der Waals surface area (Å²) in [6, 6.07) is 9.67. The van der Waals surface area contributed by atoms with E-state index in [0.29, 0.717) is 6.61 Å². The van der Waals surface area contributed by atoms with Crippen molar-refractivity contribution >= 4 is 11.9 Å². The Bertz CT molecular complexity index is 487. The molecule has 122 valence electrons. The highest BCUT2D eigenvalue weighted by Crippen LogP contribution is 2.16. The first kappa shape index (κ1) is 18.1. The maximum atomic E-state index is 12.1. The van der Waals surface area contributed by atoms with E-state index in [4.69, 9.17) is 14.6 Å². The average molecular weight is 309 g/mol. The molecule has 22 heavy (non-hydrogen) atoms. The van der Waals surface area contributed by atoms with Gasteiger partial charge in [0.15, 0.2) is 6.10 Å². The first-order valence-electron chi connectivity index (χ1n) is 7.02. The number of rotatable bonds is 9. The zero-order chi connectivity index (χ0) is 16.6. The van der Waals surface area contributed by atoms with Crippen molar-refractivity contribution in [3.05, 3.63) is 35.9 Å². The number of carbonyl (C=O) groups excluding carboxylic acids is 1. The maximum Gasteiger partial charge on any atom is 0.334 e. The number of nitrogens with one attached hydrogen (secondary N) is 1. The van der Waals surface area contributed by atoms with Crippen LogP contribution < -0.4 is 5.32 Å². The van der Waals surface area contributed by atoms with Crippen LogP contribution in [0.4, 0.5) is 0 Å². The summed E-state index contributed by atoms with van der Waals surface area (Å²) in [7, 11) is 1.29. The molecule has 1 rings (SSSR count). The fourth-order valence-electron chi connectivity index (χ4n) is 1.76. The van der Waals surface area contributed by atoms with Crippen LogP contribution in [0.25, 0.3) is 0 Å². The summed E-state index contributed by atoms with van der Waals surface area (Å²) < 4.78 is 10.3. The van der Waals surface area contributed by atoms with Gasteiger partial charge in [0, 0.05) is 7.11 Å². The van der Waals surface area contributed by atoms with Crippen LogP contribution in [0.15, 0.2) is 30.3 Å². The molecule has 1 atom stereocenters. The number of carbonyl (C=O) groups is 2. The molecular weight excluding hydrogens is 286 g/mol. The fraction of sp³-hybridized carbons (Fsp3) is 0.500. The van der Waals surface area contributed by atoms with Crippen LogP contribution in [-0.2, 0) is 25.7 Å². The van der Waals surface area contributed by atoms with Crippen LogP contribution in [0.5, 0.6) is 0 Å². The quantitative estimate of drug-likeness (QED) is 0.721. The second-order valence-electron chi connectivity index (χ2n) is 5.63. The van der Waals surface area contributed by atoms with Crippen molar-refractivity contribution in [3.8, 4) is 0 Å². The standard InChI is InChI=1S/C16H23NO5/c1-16(2,11-22-10-12-7-5-4-6-8-12)15(20)17-9-13(21-3)14(18)19/h4-8,13H,9-11H2,1-3H3,(H,17,20)(H,18,19). The predicted molar refractivity (Wildman–Crippen MR) is 81.3 cm³/mol. The van der Waals surface area contributed by atoms with Crippen LogP contribution in [0, 0.1) is 5.41 Å². The number of hydrogen-bond donors (Lipinski definition) is 2. The second-order valence-corrected chi connectivity index (χ2v) is 5.63. The van der Waals surface area contributed by atoms with Crippen LogP contribution >= 0.6 is 0 Å². The Morgan fingerprint density at radius 3 is 2.45 bits per heavy atom.